The van der Waals surface area contributed by atoms with Gasteiger partial charge in [0.25, 0.3) is 0 Å². The summed E-state index contributed by atoms with van der Waals surface area (Å²) in [5.41, 5.74) is 3.40. The van der Waals surface area contributed by atoms with E-state index in [9.17, 15) is 4.79 Å². The van der Waals surface area contributed by atoms with Crippen molar-refractivity contribution >= 4 is 17.3 Å². The van der Waals surface area contributed by atoms with Gasteiger partial charge in [-0.15, -0.1) is 17.9 Å². The van der Waals surface area contributed by atoms with Crippen LogP contribution < -0.4 is 4.74 Å². The van der Waals surface area contributed by atoms with Crippen molar-refractivity contribution in [2.24, 2.45) is 0 Å². The van der Waals surface area contributed by atoms with E-state index in [0.717, 1.165) is 52.6 Å². The summed E-state index contributed by atoms with van der Waals surface area (Å²) in [4.78, 5) is 16.8. The summed E-state index contributed by atoms with van der Waals surface area (Å²) in [6.45, 7) is 6.24. The van der Waals surface area contributed by atoms with E-state index in [2.05, 4.69) is 17.6 Å². The molecule has 25 heavy (non-hydrogen) atoms. The van der Waals surface area contributed by atoms with E-state index in [1.165, 1.54) is 5.56 Å². The fourth-order valence-electron chi connectivity index (χ4n) is 3.37. The van der Waals surface area contributed by atoms with E-state index >= 15 is 0 Å². The number of benzene rings is 1. The number of ether oxygens (including phenoxy) is 1. The molecule has 1 aromatic heterocycles. The van der Waals surface area contributed by atoms with Crippen molar-refractivity contribution in [3.8, 4) is 5.75 Å². The first kappa shape index (κ1) is 17.7. The number of carbonyl (C=O) groups is 1. The lowest BCUT2D eigenvalue weighted by Crippen LogP contribution is -2.13. The van der Waals surface area contributed by atoms with Gasteiger partial charge in [0.15, 0.2) is 0 Å². The van der Waals surface area contributed by atoms with E-state index in [1.54, 1.807) is 11.3 Å². The average molecular weight is 357 g/mol. The molecule has 0 radical (unpaired) electrons. The van der Waals surface area contributed by atoms with Gasteiger partial charge < -0.3 is 9.84 Å². The maximum absolute atomic E-state index is 11.1. The number of thiazole rings is 1. The first-order valence-corrected chi connectivity index (χ1v) is 9.42. The van der Waals surface area contributed by atoms with Gasteiger partial charge in [-0.05, 0) is 55.4 Å². The molecule has 3 rings (SSSR count). The molecule has 1 N–H and O–H groups in total. The Bertz CT molecular complexity index is 781. The largest absolute Gasteiger partial charge is 0.488 e. The number of nitrogens with zero attached hydrogens (tertiary/aromatic N) is 1. The summed E-state index contributed by atoms with van der Waals surface area (Å²) in [7, 11) is 0. The second-order valence-electron chi connectivity index (χ2n) is 6.45. The van der Waals surface area contributed by atoms with Crippen molar-refractivity contribution in [1.29, 1.82) is 0 Å². The molecule has 132 valence electrons. The minimum absolute atomic E-state index is 0.0918. The van der Waals surface area contributed by atoms with Crippen molar-refractivity contribution in [2.75, 3.05) is 0 Å². The van der Waals surface area contributed by atoms with Crippen LogP contribution in [0, 0.1) is 6.92 Å². The Morgan fingerprint density at radius 2 is 2.36 bits per heavy atom. The monoisotopic (exact) mass is 357 g/mol. The number of hydrogen-bond donors (Lipinski definition) is 1. The van der Waals surface area contributed by atoms with Gasteiger partial charge in [-0.3, -0.25) is 4.79 Å². The SMILES string of the molecule is C=CCc1nc(C)c(COc2ccc3c(c2)C(CC(=O)O)CCC3)s1. The van der Waals surface area contributed by atoms with E-state index in [0.29, 0.717) is 6.61 Å². The smallest absolute Gasteiger partial charge is 0.303 e. The van der Waals surface area contributed by atoms with Gasteiger partial charge in [-0.2, -0.15) is 0 Å². The zero-order valence-electron chi connectivity index (χ0n) is 14.5. The predicted molar refractivity (Wildman–Crippen MR) is 99.5 cm³/mol. The second-order valence-corrected chi connectivity index (χ2v) is 7.61. The Hall–Kier alpha value is -2.14. The number of fused-ring (bicyclic) bond motifs is 1. The molecule has 0 amide bonds. The zero-order valence-corrected chi connectivity index (χ0v) is 15.3. The number of aliphatic carboxylic acids is 1. The molecule has 1 unspecified atom stereocenters. The normalized spacial score (nSPS) is 16.3. The second kappa shape index (κ2) is 7.83. The lowest BCUT2D eigenvalue weighted by molar-refractivity contribution is -0.137. The minimum atomic E-state index is -0.737. The minimum Gasteiger partial charge on any atom is -0.488 e. The van der Waals surface area contributed by atoms with Crippen LogP contribution in [0.2, 0.25) is 0 Å². The number of hydrogen-bond acceptors (Lipinski definition) is 4. The molecule has 5 heteroatoms. The van der Waals surface area contributed by atoms with Gasteiger partial charge in [0, 0.05) is 6.42 Å². The van der Waals surface area contributed by atoms with Crippen molar-refractivity contribution in [3.05, 3.63) is 57.6 Å². The van der Waals surface area contributed by atoms with E-state index in [1.807, 2.05) is 25.1 Å². The van der Waals surface area contributed by atoms with Gasteiger partial charge in [0.05, 0.1) is 22.0 Å². The molecule has 0 bridgehead atoms. The van der Waals surface area contributed by atoms with Crippen LogP contribution in [0.25, 0.3) is 0 Å². The van der Waals surface area contributed by atoms with Crippen LogP contribution in [0.5, 0.6) is 5.75 Å². The number of carboxylic acids is 1. The summed E-state index contributed by atoms with van der Waals surface area (Å²) in [6.07, 6.45) is 5.83. The Labute approximate surface area is 152 Å². The first-order chi connectivity index (χ1) is 12.1. The van der Waals surface area contributed by atoms with E-state index in [-0.39, 0.29) is 12.3 Å². The number of allylic oxidation sites excluding steroid dienone is 1. The zero-order chi connectivity index (χ0) is 17.8. The third kappa shape index (κ3) is 4.28. The van der Waals surface area contributed by atoms with Crippen molar-refractivity contribution in [2.45, 2.75) is 51.6 Å². The Morgan fingerprint density at radius 1 is 1.52 bits per heavy atom. The fourth-order valence-corrected chi connectivity index (χ4v) is 4.35. The number of aromatic nitrogens is 1. The first-order valence-electron chi connectivity index (χ1n) is 8.60. The molecular weight excluding hydrogens is 334 g/mol. The third-order valence-electron chi connectivity index (χ3n) is 4.60. The summed E-state index contributed by atoms with van der Waals surface area (Å²) >= 11 is 1.66. The highest BCUT2D eigenvalue weighted by Gasteiger charge is 2.23. The van der Waals surface area contributed by atoms with Gasteiger partial charge in [-0.1, -0.05) is 12.1 Å². The van der Waals surface area contributed by atoms with Crippen molar-refractivity contribution in [1.82, 2.24) is 4.98 Å². The highest BCUT2D eigenvalue weighted by molar-refractivity contribution is 7.11. The van der Waals surface area contributed by atoms with Gasteiger partial charge in [0.1, 0.15) is 12.4 Å². The fraction of sp³-hybridized carbons (Fsp3) is 0.400. The lowest BCUT2D eigenvalue weighted by atomic mass is 9.81. The Kier molecular flexibility index (Phi) is 5.53. The topological polar surface area (TPSA) is 59.4 Å². The Morgan fingerprint density at radius 3 is 3.12 bits per heavy atom. The van der Waals surface area contributed by atoms with Gasteiger partial charge >= 0.3 is 5.97 Å². The van der Waals surface area contributed by atoms with Crippen LogP contribution in [0.15, 0.2) is 30.9 Å². The quantitative estimate of drug-likeness (QED) is 0.733. The van der Waals surface area contributed by atoms with Crippen LogP contribution in [0.4, 0.5) is 0 Å². The maximum atomic E-state index is 11.1. The van der Waals surface area contributed by atoms with Crippen LogP contribution in [0.3, 0.4) is 0 Å². The summed E-state index contributed by atoms with van der Waals surface area (Å²) in [5.74, 6) is 0.155. The molecule has 0 saturated heterocycles. The third-order valence-corrected chi connectivity index (χ3v) is 5.76. The highest BCUT2D eigenvalue weighted by atomic mass is 32.1. The number of aryl methyl sites for hydroxylation is 2. The van der Waals surface area contributed by atoms with E-state index < -0.39 is 5.97 Å². The van der Waals surface area contributed by atoms with Crippen LogP contribution in [-0.4, -0.2) is 16.1 Å². The standard InChI is InChI=1S/C20H23NO3S/c1-3-5-19-21-13(2)18(25-19)12-24-16-9-8-14-6-4-7-15(10-20(22)23)17(14)11-16/h3,8-9,11,15H,1,4-7,10,12H2,2H3,(H,22,23). The molecule has 2 aromatic rings. The number of carboxylic acid groups (broad SMARTS) is 1. The van der Waals surface area contributed by atoms with Crippen molar-refractivity contribution in [3.63, 3.8) is 0 Å². The van der Waals surface area contributed by atoms with Crippen LogP contribution >= 0.6 is 11.3 Å². The molecule has 1 aliphatic rings. The summed E-state index contributed by atoms with van der Waals surface area (Å²) in [5, 5.41) is 10.2. The molecule has 1 heterocycles. The van der Waals surface area contributed by atoms with Crippen LogP contribution in [0.1, 0.15) is 51.9 Å². The van der Waals surface area contributed by atoms with Crippen LogP contribution in [-0.2, 0) is 24.2 Å². The molecule has 0 aliphatic heterocycles. The molecular formula is C20H23NO3S. The van der Waals surface area contributed by atoms with Crippen molar-refractivity contribution < 1.29 is 14.6 Å². The molecule has 0 spiro atoms. The van der Waals surface area contributed by atoms with Gasteiger partial charge in [0.2, 0.25) is 0 Å². The summed E-state index contributed by atoms with van der Waals surface area (Å²) < 4.78 is 5.98. The average Bonchev–Trinajstić information content (AvgIpc) is 2.93. The molecule has 1 aromatic carbocycles. The Balaban J connectivity index is 1.73. The number of rotatable bonds is 7. The molecule has 4 nitrogen and oxygen atoms in total. The molecule has 1 aliphatic carbocycles. The predicted octanol–water partition coefficient (Wildman–Crippen LogP) is 4.65. The maximum Gasteiger partial charge on any atom is 0.303 e. The molecule has 1 atom stereocenters. The van der Waals surface area contributed by atoms with E-state index in [4.69, 9.17) is 9.84 Å². The molecule has 0 saturated carbocycles. The van der Waals surface area contributed by atoms with Gasteiger partial charge in [-0.25, -0.2) is 4.98 Å². The summed E-state index contributed by atoms with van der Waals surface area (Å²) in [6, 6.07) is 6.10. The highest BCUT2D eigenvalue weighted by Crippen LogP contribution is 2.36. The lowest BCUT2D eigenvalue weighted by Gasteiger charge is -2.25. The molecule has 0 fully saturated rings.